The quantitative estimate of drug-likeness (QED) is 0.747. The number of hydrogen-bond donors (Lipinski definition) is 1. The van der Waals surface area contributed by atoms with Crippen LogP contribution < -0.4 is 5.32 Å². The molecule has 0 saturated heterocycles. The molecule has 0 unspecified atom stereocenters. The third-order valence-electron chi connectivity index (χ3n) is 4.23. The summed E-state index contributed by atoms with van der Waals surface area (Å²) in [4.78, 5) is 0. The van der Waals surface area contributed by atoms with E-state index in [0.29, 0.717) is 0 Å². The fourth-order valence-corrected chi connectivity index (χ4v) is 2.92. The first-order chi connectivity index (χ1) is 10.4. The van der Waals surface area contributed by atoms with Crippen LogP contribution in [0.2, 0.25) is 0 Å². The maximum atomic E-state index is 3.63. The van der Waals surface area contributed by atoms with Crippen molar-refractivity contribution in [1.29, 1.82) is 0 Å². The lowest BCUT2D eigenvalue weighted by atomic mass is 10.2. The zero-order valence-electron chi connectivity index (χ0n) is 12.1. The van der Waals surface area contributed by atoms with Crippen LogP contribution in [0.3, 0.4) is 0 Å². The first kappa shape index (κ1) is 12.7. The van der Waals surface area contributed by atoms with Crippen LogP contribution in [0, 0.1) is 0 Å². The lowest BCUT2D eigenvalue weighted by Crippen LogP contribution is -2.14. The monoisotopic (exact) mass is 276 g/mol. The van der Waals surface area contributed by atoms with Gasteiger partial charge in [0.1, 0.15) is 0 Å². The Morgan fingerprint density at radius 2 is 1.71 bits per heavy atom. The number of rotatable bonds is 5. The van der Waals surface area contributed by atoms with Crippen molar-refractivity contribution in [3.05, 3.63) is 71.9 Å². The van der Waals surface area contributed by atoms with Crippen molar-refractivity contribution in [1.82, 2.24) is 9.88 Å². The molecule has 2 aromatic carbocycles. The van der Waals surface area contributed by atoms with E-state index in [-0.39, 0.29) is 0 Å². The third kappa shape index (κ3) is 2.72. The summed E-state index contributed by atoms with van der Waals surface area (Å²) < 4.78 is 2.37. The molecule has 1 aliphatic rings. The van der Waals surface area contributed by atoms with Crippen LogP contribution in [-0.2, 0) is 13.1 Å². The summed E-state index contributed by atoms with van der Waals surface area (Å²) in [5.41, 5.74) is 4.09. The van der Waals surface area contributed by atoms with E-state index in [1.807, 2.05) is 0 Å². The van der Waals surface area contributed by atoms with Gasteiger partial charge in [-0.15, -0.1) is 0 Å². The predicted octanol–water partition coefficient (Wildman–Crippen LogP) is 3.94. The Hall–Kier alpha value is -2.06. The molecule has 1 aromatic heterocycles. The van der Waals surface area contributed by atoms with Gasteiger partial charge < -0.3 is 9.88 Å². The summed E-state index contributed by atoms with van der Waals surface area (Å²) >= 11 is 0. The lowest BCUT2D eigenvalue weighted by molar-refractivity contribution is 0.687. The maximum Gasteiger partial charge on any atom is 0.0486 e. The molecule has 2 heteroatoms. The van der Waals surface area contributed by atoms with Crippen molar-refractivity contribution in [2.45, 2.75) is 32.0 Å². The summed E-state index contributed by atoms with van der Waals surface area (Å²) in [6.07, 6.45) is 4.98. The second-order valence-corrected chi connectivity index (χ2v) is 5.94. The van der Waals surface area contributed by atoms with Gasteiger partial charge in [0.25, 0.3) is 0 Å². The molecule has 0 radical (unpaired) electrons. The molecule has 1 fully saturated rings. The molecule has 3 aromatic rings. The molecule has 1 heterocycles. The van der Waals surface area contributed by atoms with Gasteiger partial charge in [-0.25, -0.2) is 0 Å². The molecule has 0 spiro atoms. The number of fused-ring (bicyclic) bond motifs is 1. The van der Waals surface area contributed by atoms with Crippen molar-refractivity contribution >= 4 is 10.9 Å². The Labute approximate surface area is 125 Å². The highest BCUT2D eigenvalue weighted by Gasteiger charge is 2.20. The van der Waals surface area contributed by atoms with Gasteiger partial charge >= 0.3 is 0 Å². The van der Waals surface area contributed by atoms with Crippen molar-refractivity contribution in [3.8, 4) is 0 Å². The molecule has 0 aliphatic heterocycles. The highest BCUT2D eigenvalue weighted by molar-refractivity contribution is 5.84. The van der Waals surface area contributed by atoms with Crippen LogP contribution in [0.5, 0.6) is 0 Å². The summed E-state index contributed by atoms with van der Waals surface area (Å²) in [5.74, 6) is 0. The standard InChI is InChI=1S/C19H20N2/c1-2-6-15(7-3-1)13-21-14-16(12-20-17-10-11-17)18-8-4-5-9-19(18)21/h1-9,14,17,20H,10-13H2. The summed E-state index contributed by atoms with van der Waals surface area (Å²) in [6.45, 7) is 1.91. The van der Waals surface area contributed by atoms with Crippen molar-refractivity contribution in [3.63, 3.8) is 0 Å². The number of para-hydroxylation sites is 1. The van der Waals surface area contributed by atoms with E-state index >= 15 is 0 Å². The molecule has 1 saturated carbocycles. The van der Waals surface area contributed by atoms with Gasteiger partial charge in [0.05, 0.1) is 0 Å². The molecule has 1 N–H and O–H groups in total. The van der Waals surface area contributed by atoms with Gasteiger partial charge in [-0.05, 0) is 30.0 Å². The number of hydrogen-bond acceptors (Lipinski definition) is 1. The molecular weight excluding hydrogens is 256 g/mol. The van der Waals surface area contributed by atoms with Gasteiger partial charge in [-0.3, -0.25) is 0 Å². The first-order valence-electron chi connectivity index (χ1n) is 7.74. The van der Waals surface area contributed by atoms with Crippen LogP contribution in [-0.4, -0.2) is 10.6 Å². The van der Waals surface area contributed by atoms with Crippen molar-refractivity contribution < 1.29 is 0 Å². The Balaban J connectivity index is 1.67. The molecule has 1 aliphatic carbocycles. The largest absolute Gasteiger partial charge is 0.343 e. The van der Waals surface area contributed by atoms with E-state index in [4.69, 9.17) is 0 Å². The molecule has 0 bridgehead atoms. The molecule has 4 rings (SSSR count). The summed E-state index contributed by atoms with van der Waals surface area (Å²) in [5, 5.41) is 5.01. The van der Waals surface area contributed by atoms with Crippen LogP contribution >= 0.6 is 0 Å². The van der Waals surface area contributed by atoms with Gasteiger partial charge in [0, 0.05) is 36.2 Å². The van der Waals surface area contributed by atoms with Gasteiger partial charge in [0.2, 0.25) is 0 Å². The van der Waals surface area contributed by atoms with E-state index in [1.54, 1.807) is 0 Å². The lowest BCUT2D eigenvalue weighted by Gasteiger charge is -2.05. The molecule has 106 valence electrons. The smallest absolute Gasteiger partial charge is 0.0486 e. The normalized spacial score (nSPS) is 14.7. The zero-order chi connectivity index (χ0) is 14.1. The molecule has 0 atom stereocenters. The maximum absolute atomic E-state index is 3.63. The fraction of sp³-hybridized carbons (Fsp3) is 0.263. The molecule has 21 heavy (non-hydrogen) atoms. The van der Waals surface area contributed by atoms with Gasteiger partial charge in [0.15, 0.2) is 0 Å². The third-order valence-corrected chi connectivity index (χ3v) is 4.23. The Morgan fingerprint density at radius 1 is 0.952 bits per heavy atom. The summed E-state index contributed by atoms with van der Waals surface area (Å²) in [7, 11) is 0. The first-order valence-corrected chi connectivity index (χ1v) is 7.74. The van der Waals surface area contributed by atoms with Gasteiger partial charge in [-0.1, -0.05) is 48.5 Å². The molecular formula is C19H20N2. The SMILES string of the molecule is c1ccc(Cn2cc(CNC3CC3)c3ccccc32)cc1. The van der Waals surface area contributed by atoms with E-state index in [1.165, 1.54) is 34.9 Å². The highest BCUT2D eigenvalue weighted by atomic mass is 15.0. The average Bonchev–Trinajstić information content (AvgIpc) is 3.30. The van der Waals surface area contributed by atoms with E-state index in [0.717, 1.165) is 19.1 Å². The van der Waals surface area contributed by atoms with Gasteiger partial charge in [-0.2, -0.15) is 0 Å². The predicted molar refractivity (Wildman–Crippen MR) is 87.3 cm³/mol. The number of benzene rings is 2. The molecule has 2 nitrogen and oxygen atoms in total. The van der Waals surface area contributed by atoms with Crippen molar-refractivity contribution in [2.24, 2.45) is 0 Å². The Bertz CT molecular complexity index is 739. The number of nitrogens with zero attached hydrogens (tertiary/aromatic N) is 1. The average molecular weight is 276 g/mol. The number of nitrogens with one attached hydrogen (secondary N) is 1. The minimum absolute atomic E-state index is 0.751. The number of aromatic nitrogens is 1. The fourth-order valence-electron chi connectivity index (χ4n) is 2.92. The topological polar surface area (TPSA) is 17.0 Å². The van der Waals surface area contributed by atoms with Crippen LogP contribution in [0.1, 0.15) is 24.0 Å². The zero-order valence-corrected chi connectivity index (χ0v) is 12.1. The van der Waals surface area contributed by atoms with E-state index in [9.17, 15) is 0 Å². The van der Waals surface area contributed by atoms with E-state index < -0.39 is 0 Å². The van der Waals surface area contributed by atoms with E-state index in [2.05, 4.69) is 70.7 Å². The molecule has 0 amide bonds. The van der Waals surface area contributed by atoms with Crippen molar-refractivity contribution in [2.75, 3.05) is 0 Å². The second-order valence-electron chi connectivity index (χ2n) is 5.94. The highest BCUT2D eigenvalue weighted by Crippen LogP contribution is 2.24. The minimum atomic E-state index is 0.751. The second kappa shape index (κ2) is 5.38. The Kier molecular flexibility index (Phi) is 3.24. The van der Waals surface area contributed by atoms with Crippen LogP contribution in [0.4, 0.5) is 0 Å². The Morgan fingerprint density at radius 3 is 2.52 bits per heavy atom. The van der Waals surface area contributed by atoms with Crippen LogP contribution in [0.15, 0.2) is 60.8 Å². The summed E-state index contributed by atoms with van der Waals surface area (Å²) in [6, 6.07) is 20.1. The van der Waals surface area contributed by atoms with Crippen LogP contribution in [0.25, 0.3) is 10.9 Å². The minimum Gasteiger partial charge on any atom is -0.343 e.